The van der Waals surface area contributed by atoms with Gasteiger partial charge in [-0.25, -0.2) is 0 Å². The molecule has 1 aliphatic rings. The van der Waals surface area contributed by atoms with Crippen molar-refractivity contribution in [2.75, 3.05) is 0 Å². The molecule has 0 aliphatic heterocycles. The summed E-state index contributed by atoms with van der Waals surface area (Å²) in [5, 5.41) is 0. The zero-order valence-corrected chi connectivity index (χ0v) is 10.9. The summed E-state index contributed by atoms with van der Waals surface area (Å²) in [5.74, 6) is 0.635. The van der Waals surface area contributed by atoms with E-state index in [9.17, 15) is 0 Å². The molecular weight excluding hydrogens is 180 g/mol. The van der Waals surface area contributed by atoms with Crippen LogP contribution in [-0.2, 0) is 0 Å². The lowest BCUT2D eigenvalue weighted by Crippen LogP contribution is -2.05. The van der Waals surface area contributed by atoms with Gasteiger partial charge in [0.2, 0.25) is 0 Å². The Hall–Kier alpha value is -1.04. The first-order valence-electron chi connectivity index (χ1n) is 5.76. The molecule has 15 heavy (non-hydrogen) atoms. The molecule has 0 nitrogen and oxygen atoms in total. The fourth-order valence-corrected chi connectivity index (χ4v) is 1.93. The second-order valence-corrected chi connectivity index (χ2v) is 3.91. The summed E-state index contributed by atoms with van der Waals surface area (Å²) in [6.07, 6.45) is 5.36. The first kappa shape index (κ1) is 14.0. The second kappa shape index (κ2) is 6.44. The van der Waals surface area contributed by atoms with Crippen LogP contribution in [0.25, 0.3) is 0 Å². The maximum Gasteiger partial charge on any atom is -0.0202 e. The van der Waals surface area contributed by atoms with E-state index in [2.05, 4.69) is 40.0 Å². The average Bonchev–Trinajstić information content (AvgIpc) is 2.19. The van der Waals surface area contributed by atoms with Gasteiger partial charge in [0.05, 0.1) is 0 Å². The Kier molecular flexibility index (Phi) is 6.00. The summed E-state index contributed by atoms with van der Waals surface area (Å²) in [7, 11) is 0. The number of allylic oxidation sites excluding steroid dienone is 6. The topological polar surface area (TPSA) is 0 Å². The molecule has 0 heteroatoms. The van der Waals surface area contributed by atoms with Gasteiger partial charge in [0, 0.05) is 0 Å². The lowest BCUT2D eigenvalue weighted by Gasteiger charge is -2.22. The number of hydrogen-bond acceptors (Lipinski definition) is 0. The van der Waals surface area contributed by atoms with Crippen molar-refractivity contribution in [3.05, 3.63) is 47.6 Å². The Bertz CT molecular complexity index is 300. The molecule has 1 aliphatic carbocycles. The van der Waals surface area contributed by atoms with E-state index in [-0.39, 0.29) is 0 Å². The normalized spacial score (nSPS) is 20.1. The summed E-state index contributed by atoms with van der Waals surface area (Å²) in [6.45, 7) is 18.3. The largest absolute Gasteiger partial charge is 0.0985 e. The minimum atomic E-state index is 0.635. The molecule has 0 N–H and O–H groups in total. The molecule has 0 saturated carbocycles. The van der Waals surface area contributed by atoms with Gasteiger partial charge in [0.25, 0.3) is 0 Å². The monoisotopic (exact) mass is 204 g/mol. The van der Waals surface area contributed by atoms with E-state index in [0.717, 1.165) is 6.42 Å². The van der Waals surface area contributed by atoms with E-state index in [1.54, 1.807) is 0 Å². The van der Waals surface area contributed by atoms with Crippen molar-refractivity contribution in [2.45, 2.75) is 41.0 Å². The van der Waals surface area contributed by atoms with E-state index < -0.39 is 0 Å². The van der Waals surface area contributed by atoms with Gasteiger partial charge in [-0.1, -0.05) is 51.7 Å². The number of hydrogen-bond donors (Lipinski definition) is 0. The Labute approximate surface area is 95.1 Å². The maximum absolute atomic E-state index is 4.01. The maximum atomic E-state index is 4.01. The highest BCUT2D eigenvalue weighted by Gasteiger charge is 2.15. The van der Waals surface area contributed by atoms with Crippen LogP contribution in [0.3, 0.4) is 0 Å². The molecule has 1 rings (SSSR count). The van der Waals surface area contributed by atoms with Gasteiger partial charge >= 0.3 is 0 Å². The molecular formula is C15H24. The summed E-state index contributed by atoms with van der Waals surface area (Å²) < 4.78 is 0. The van der Waals surface area contributed by atoms with Crippen LogP contribution in [0.5, 0.6) is 0 Å². The predicted molar refractivity (Wildman–Crippen MR) is 70.9 cm³/mol. The van der Waals surface area contributed by atoms with Crippen molar-refractivity contribution in [3.63, 3.8) is 0 Å². The Balaban J connectivity index is 0.000000921. The molecule has 0 saturated heterocycles. The molecule has 84 valence electrons. The van der Waals surface area contributed by atoms with Crippen LogP contribution in [0.15, 0.2) is 47.6 Å². The Morgan fingerprint density at radius 3 is 2.40 bits per heavy atom. The SMILES string of the molecule is C=CC1=C(C(=C)C)CC(C)C=C1C.CC. The van der Waals surface area contributed by atoms with Gasteiger partial charge in [-0.2, -0.15) is 0 Å². The summed E-state index contributed by atoms with van der Waals surface area (Å²) in [5.41, 5.74) is 5.18. The van der Waals surface area contributed by atoms with Crippen LogP contribution < -0.4 is 0 Å². The highest BCUT2D eigenvalue weighted by molar-refractivity contribution is 5.50. The zero-order chi connectivity index (χ0) is 12.0. The third-order valence-corrected chi connectivity index (χ3v) is 2.53. The average molecular weight is 204 g/mol. The van der Waals surface area contributed by atoms with Gasteiger partial charge in [0.1, 0.15) is 0 Å². The Morgan fingerprint density at radius 1 is 1.47 bits per heavy atom. The summed E-state index contributed by atoms with van der Waals surface area (Å²) >= 11 is 0. The van der Waals surface area contributed by atoms with E-state index in [4.69, 9.17) is 0 Å². The minimum Gasteiger partial charge on any atom is -0.0985 e. The molecule has 0 radical (unpaired) electrons. The molecule has 0 aromatic carbocycles. The quantitative estimate of drug-likeness (QED) is 0.590. The van der Waals surface area contributed by atoms with Crippen LogP contribution >= 0.6 is 0 Å². The van der Waals surface area contributed by atoms with Crippen molar-refractivity contribution < 1.29 is 0 Å². The van der Waals surface area contributed by atoms with Crippen molar-refractivity contribution in [1.29, 1.82) is 0 Å². The molecule has 0 spiro atoms. The highest BCUT2D eigenvalue weighted by Crippen LogP contribution is 2.32. The Morgan fingerprint density at radius 2 is 2.00 bits per heavy atom. The van der Waals surface area contributed by atoms with Crippen LogP contribution in [-0.4, -0.2) is 0 Å². The predicted octanol–water partition coefficient (Wildman–Crippen LogP) is 5.06. The smallest absolute Gasteiger partial charge is 0.0202 e. The lowest BCUT2D eigenvalue weighted by atomic mass is 9.83. The van der Waals surface area contributed by atoms with Crippen LogP contribution in [0.2, 0.25) is 0 Å². The van der Waals surface area contributed by atoms with Gasteiger partial charge < -0.3 is 0 Å². The van der Waals surface area contributed by atoms with Gasteiger partial charge in [-0.15, -0.1) is 0 Å². The summed E-state index contributed by atoms with van der Waals surface area (Å²) in [6, 6.07) is 0. The van der Waals surface area contributed by atoms with E-state index in [0.29, 0.717) is 5.92 Å². The highest BCUT2D eigenvalue weighted by atomic mass is 14.2. The molecule has 0 amide bonds. The third-order valence-electron chi connectivity index (χ3n) is 2.53. The first-order chi connectivity index (χ1) is 7.06. The molecule has 0 fully saturated rings. The zero-order valence-electron chi connectivity index (χ0n) is 10.9. The van der Waals surface area contributed by atoms with Gasteiger partial charge in [-0.05, 0) is 42.9 Å². The van der Waals surface area contributed by atoms with E-state index >= 15 is 0 Å². The lowest BCUT2D eigenvalue weighted by molar-refractivity contribution is 0.699. The van der Waals surface area contributed by atoms with E-state index in [1.807, 2.05) is 19.9 Å². The minimum absolute atomic E-state index is 0.635. The van der Waals surface area contributed by atoms with Crippen molar-refractivity contribution >= 4 is 0 Å². The second-order valence-electron chi connectivity index (χ2n) is 3.91. The van der Waals surface area contributed by atoms with Crippen molar-refractivity contribution in [1.82, 2.24) is 0 Å². The van der Waals surface area contributed by atoms with Gasteiger partial charge in [-0.3, -0.25) is 0 Å². The van der Waals surface area contributed by atoms with Crippen LogP contribution in [0, 0.1) is 5.92 Å². The summed E-state index contributed by atoms with van der Waals surface area (Å²) in [4.78, 5) is 0. The van der Waals surface area contributed by atoms with E-state index in [1.165, 1.54) is 22.3 Å². The van der Waals surface area contributed by atoms with Crippen LogP contribution in [0.1, 0.15) is 41.0 Å². The molecule has 1 unspecified atom stereocenters. The van der Waals surface area contributed by atoms with Crippen LogP contribution in [0.4, 0.5) is 0 Å². The molecule has 1 atom stereocenters. The van der Waals surface area contributed by atoms with Gasteiger partial charge in [0.15, 0.2) is 0 Å². The number of rotatable bonds is 2. The van der Waals surface area contributed by atoms with Crippen molar-refractivity contribution in [3.8, 4) is 0 Å². The van der Waals surface area contributed by atoms with Crippen molar-refractivity contribution in [2.24, 2.45) is 5.92 Å². The molecule has 0 bridgehead atoms. The standard InChI is InChI=1S/C13H18.C2H6/c1-6-12-11(5)7-10(4)8-13(12)9(2)3;1-2/h6-7,10H,1-2,8H2,3-5H3;1-2H3. The first-order valence-corrected chi connectivity index (χ1v) is 5.76. The molecule has 0 aromatic heterocycles. The fourth-order valence-electron chi connectivity index (χ4n) is 1.93. The molecule has 0 heterocycles. The third kappa shape index (κ3) is 3.54. The molecule has 0 aromatic rings. The fraction of sp³-hybridized carbons (Fsp3) is 0.467.